The molecule has 0 bridgehead atoms. The molecule has 0 aliphatic carbocycles. The van der Waals surface area contributed by atoms with Gasteiger partial charge in [-0.2, -0.15) is 0 Å². The summed E-state index contributed by atoms with van der Waals surface area (Å²) < 4.78 is 5.77. The molecule has 4 aromatic rings. The first kappa shape index (κ1) is 18.6. The summed E-state index contributed by atoms with van der Waals surface area (Å²) in [6.45, 7) is 3.60. The van der Waals surface area contributed by atoms with Crippen LogP contribution in [0.1, 0.15) is 12.5 Å². The van der Waals surface area contributed by atoms with E-state index in [4.69, 9.17) is 4.74 Å². The van der Waals surface area contributed by atoms with Crippen LogP contribution in [0.25, 0.3) is 22.3 Å². The van der Waals surface area contributed by atoms with Gasteiger partial charge in [0.15, 0.2) is 6.10 Å². The number of amides is 1. The fraction of sp³-hybridized carbons (Fsp3) is 0.130. The molecule has 1 N–H and O–H groups in total. The molecule has 6 nitrogen and oxygen atoms in total. The third-order valence-corrected chi connectivity index (χ3v) is 4.53. The molecule has 6 heteroatoms. The number of ether oxygens (including phenoxy) is 1. The predicted octanol–water partition coefficient (Wildman–Crippen LogP) is 4.41. The lowest BCUT2D eigenvalue weighted by molar-refractivity contribution is -0.122. The van der Waals surface area contributed by atoms with Gasteiger partial charge < -0.3 is 10.1 Å². The van der Waals surface area contributed by atoms with Crippen LogP contribution in [0.3, 0.4) is 0 Å². The Balaban J connectivity index is 1.44. The monoisotopic (exact) mass is 384 g/mol. The molecule has 0 aliphatic heterocycles. The van der Waals surface area contributed by atoms with E-state index >= 15 is 0 Å². The van der Waals surface area contributed by atoms with Gasteiger partial charge in [0.25, 0.3) is 5.91 Å². The highest BCUT2D eigenvalue weighted by Gasteiger charge is 2.16. The third kappa shape index (κ3) is 4.21. The number of aromatic nitrogens is 3. The Morgan fingerprint density at radius 3 is 2.48 bits per heavy atom. The van der Waals surface area contributed by atoms with Gasteiger partial charge in [0, 0.05) is 11.8 Å². The predicted molar refractivity (Wildman–Crippen MR) is 113 cm³/mol. The fourth-order valence-corrected chi connectivity index (χ4v) is 2.89. The fourth-order valence-electron chi connectivity index (χ4n) is 2.89. The first-order valence-corrected chi connectivity index (χ1v) is 9.31. The van der Waals surface area contributed by atoms with E-state index in [1.54, 1.807) is 19.3 Å². The van der Waals surface area contributed by atoms with Crippen molar-refractivity contribution in [1.82, 2.24) is 15.0 Å². The molecule has 2 heterocycles. The van der Waals surface area contributed by atoms with Gasteiger partial charge in [-0.05, 0) is 61.9 Å². The Hall–Kier alpha value is -3.80. The third-order valence-electron chi connectivity index (χ3n) is 4.53. The maximum absolute atomic E-state index is 12.4. The van der Waals surface area contributed by atoms with Crippen molar-refractivity contribution < 1.29 is 9.53 Å². The zero-order valence-electron chi connectivity index (χ0n) is 16.2. The molecule has 0 fully saturated rings. The van der Waals surface area contributed by atoms with Crippen molar-refractivity contribution in [2.45, 2.75) is 20.0 Å². The number of aryl methyl sites for hydroxylation is 1. The number of nitrogens with one attached hydrogen (secondary N) is 1. The van der Waals surface area contributed by atoms with E-state index in [1.165, 1.54) is 0 Å². The van der Waals surface area contributed by atoms with Crippen LogP contribution in [-0.2, 0) is 4.79 Å². The number of anilines is 1. The van der Waals surface area contributed by atoms with E-state index in [-0.39, 0.29) is 5.91 Å². The highest BCUT2D eigenvalue weighted by atomic mass is 16.5. The minimum Gasteiger partial charge on any atom is -0.481 e. The number of carbonyl (C=O) groups excluding carboxylic acids is 1. The lowest BCUT2D eigenvalue weighted by Gasteiger charge is -2.15. The molecular formula is C23H20N4O2. The first-order chi connectivity index (χ1) is 14.1. The van der Waals surface area contributed by atoms with Crippen LogP contribution in [0.15, 0.2) is 73.1 Å². The summed E-state index contributed by atoms with van der Waals surface area (Å²) in [6.07, 6.45) is 2.73. The van der Waals surface area contributed by atoms with Gasteiger partial charge in [0.2, 0.25) is 0 Å². The van der Waals surface area contributed by atoms with Crippen molar-refractivity contribution in [3.05, 3.63) is 78.6 Å². The van der Waals surface area contributed by atoms with Crippen molar-refractivity contribution in [2.75, 3.05) is 5.32 Å². The second-order valence-electron chi connectivity index (χ2n) is 6.69. The molecule has 0 aliphatic rings. The van der Waals surface area contributed by atoms with E-state index < -0.39 is 6.10 Å². The summed E-state index contributed by atoms with van der Waals surface area (Å²) >= 11 is 0. The number of para-hydroxylation sites is 2. The minimum atomic E-state index is -0.664. The van der Waals surface area contributed by atoms with E-state index in [0.29, 0.717) is 11.6 Å². The summed E-state index contributed by atoms with van der Waals surface area (Å²) in [4.78, 5) is 25.7. The van der Waals surface area contributed by atoms with E-state index in [9.17, 15) is 4.79 Å². The van der Waals surface area contributed by atoms with E-state index in [0.717, 1.165) is 27.9 Å². The number of hydrogen-bond acceptors (Lipinski definition) is 5. The summed E-state index contributed by atoms with van der Waals surface area (Å²) in [5, 5.41) is 2.79. The van der Waals surface area contributed by atoms with Crippen LogP contribution in [0.4, 0.5) is 5.82 Å². The number of pyridine rings is 1. The average Bonchev–Trinajstić information content (AvgIpc) is 2.75. The van der Waals surface area contributed by atoms with Gasteiger partial charge in [-0.15, -0.1) is 0 Å². The summed E-state index contributed by atoms with van der Waals surface area (Å²) in [5.41, 5.74) is 4.32. The number of benzene rings is 2. The van der Waals surface area contributed by atoms with Crippen molar-refractivity contribution in [3.8, 4) is 17.0 Å². The standard InChI is InChI=1S/C23H20N4O2/c1-15-6-5-13-24-22(15)27-23(28)16(2)29-18-11-9-17(10-12-18)21-14-25-19-7-3-4-8-20(19)26-21/h3-14,16H,1-2H3,(H,24,27,28)/t16-/m0/s1. The molecule has 29 heavy (non-hydrogen) atoms. The Morgan fingerprint density at radius 1 is 0.966 bits per heavy atom. The molecule has 0 radical (unpaired) electrons. The molecule has 0 unspecified atom stereocenters. The second kappa shape index (κ2) is 8.06. The number of hydrogen-bond donors (Lipinski definition) is 1. The van der Waals surface area contributed by atoms with Crippen LogP contribution in [-0.4, -0.2) is 27.0 Å². The van der Waals surface area contributed by atoms with Crippen LogP contribution in [0.5, 0.6) is 5.75 Å². The van der Waals surface area contributed by atoms with Crippen molar-refractivity contribution in [1.29, 1.82) is 0 Å². The number of carbonyl (C=O) groups is 1. The Kier molecular flexibility index (Phi) is 5.16. The van der Waals surface area contributed by atoms with Gasteiger partial charge >= 0.3 is 0 Å². The number of rotatable bonds is 5. The molecular weight excluding hydrogens is 364 g/mol. The molecule has 1 amide bonds. The molecule has 0 saturated heterocycles. The van der Waals surface area contributed by atoms with Gasteiger partial charge in [-0.1, -0.05) is 18.2 Å². The minimum absolute atomic E-state index is 0.253. The van der Waals surface area contributed by atoms with Crippen LogP contribution < -0.4 is 10.1 Å². The Bertz CT molecular complexity index is 1160. The molecule has 4 rings (SSSR count). The van der Waals surface area contributed by atoms with Crippen molar-refractivity contribution in [2.24, 2.45) is 0 Å². The molecule has 1 atom stereocenters. The summed E-state index contributed by atoms with van der Waals surface area (Å²) in [6, 6.07) is 18.9. The highest BCUT2D eigenvalue weighted by Crippen LogP contribution is 2.23. The van der Waals surface area contributed by atoms with Crippen molar-refractivity contribution >= 4 is 22.8 Å². The summed E-state index contributed by atoms with van der Waals surface area (Å²) in [5.74, 6) is 0.886. The second-order valence-corrected chi connectivity index (χ2v) is 6.69. The maximum atomic E-state index is 12.4. The SMILES string of the molecule is Cc1cccnc1NC(=O)[C@H](C)Oc1ccc(-c2cnc3ccccc3n2)cc1. The Morgan fingerprint density at radius 2 is 1.72 bits per heavy atom. The van der Waals surface area contributed by atoms with E-state index in [2.05, 4.69) is 20.3 Å². The zero-order valence-corrected chi connectivity index (χ0v) is 16.2. The molecule has 0 saturated carbocycles. The Labute approximate surface area is 168 Å². The molecule has 2 aromatic carbocycles. The lowest BCUT2D eigenvalue weighted by Crippen LogP contribution is -2.30. The van der Waals surface area contributed by atoms with Crippen LogP contribution >= 0.6 is 0 Å². The van der Waals surface area contributed by atoms with E-state index in [1.807, 2.05) is 67.6 Å². The van der Waals surface area contributed by atoms with Gasteiger partial charge in [-0.3, -0.25) is 9.78 Å². The maximum Gasteiger partial charge on any atom is 0.266 e. The average molecular weight is 384 g/mol. The van der Waals surface area contributed by atoms with Crippen LogP contribution in [0, 0.1) is 6.92 Å². The molecule has 144 valence electrons. The number of fused-ring (bicyclic) bond motifs is 1. The molecule has 0 spiro atoms. The first-order valence-electron chi connectivity index (χ1n) is 9.31. The smallest absolute Gasteiger partial charge is 0.266 e. The highest BCUT2D eigenvalue weighted by molar-refractivity contribution is 5.93. The van der Waals surface area contributed by atoms with Crippen molar-refractivity contribution in [3.63, 3.8) is 0 Å². The largest absolute Gasteiger partial charge is 0.481 e. The summed E-state index contributed by atoms with van der Waals surface area (Å²) in [7, 11) is 0. The normalized spacial score (nSPS) is 11.8. The topological polar surface area (TPSA) is 77.0 Å². The quantitative estimate of drug-likeness (QED) is 0.552. The van der Waals surface area contributed by atoms with Gasteiger partial charge in [0.1, 0.15) is 11.6 Å². The zero-order chi connectivity index (χ0) is 20.2. The molecule has 2 aromatic heterocycles. The van der Waals surface area contributed by atoms with Gasteiger partial charge in [0.05, 0.1) is 22.9 Å². The number of nitrogens with zero attached hydrogens (tertiary/aromatic N) is 3. The van der Waals surface area contributed by atoms with Gasteiger partial charge in [-0.25, -0.2) is 9.97 Å². The van der Waals surface area contributed by atoms with Crippen LogP contribution in [0.2, 0.25) is 0 Å². The lowest BCUT2D eigenvalue weighted by atomic mass is 10.1.